The number of rotatable bonds is 3. The van der Waals surface area contributed by atoms with E-state index in [-0.39, 0.29) is 17.4 Å². The van der Waals surface area contributed by atoms with Crippen molar-refractivity contribution in [2.45, 2.75) is 6.42 Å². The summed E-state index contributed by atoms with van der Waals surface area (Å²) in [6, 6.07) is 5.21. The molecule has 2 aromatic rings. The van der Waals surface area contributed by atoms with E-state index in [1.165, 1.54) is 23.7 Å². The van der Waals surface area contributed by atoms with E-state index in [2.05, 4.69) is 9.97 Å². The number of aromatic amines is 1. The molecule has 0 aromatic carbocycles. The number of carbonyl (C=O) groups excluding carboxylic acids is 1. The van der Waals surface area contributed by atoms with Gasteiger partial charge in [0.15, 0.2) is 0 Å². The maximum absolute atomic E-state index is 12.5. The average Bonchev–Trinajstić information content (AvgIpc) is 2.94. The fourth-order valence-electron chi connectivity index (χ4n) is 2.56. The Balaban J connectivity index is 1.70. The van der Waals surface area contributed by atoms with E-state index in [9.17, 15) is 9.59 Å². The first-order chi connectivity index (χ1) is 10.7. The maximum Gasteiger partial charge on any atom is 0.264 e. The smallest absolute Gasteiger partial charge is 0.264 e. The number of amides is 1. The van der Waals surface area contributed by atoms with Gasteiger partial charge in [0.25, 0.3) is 11.5 Å². The minimum Gasteiger partial charge on any atom is -0.379 e. The van der Waals surface area contributed by atoms with Crippen LogP contribution in [0.25, 0.3) is 0 Å². The molecule has 116 valence electrons. The second-order valence-corrected chi connectivity index (χ2v) is 6.22. The third-order valence-corrected chi connectivity index (χ3v) is 4.45. The van der Waals surface area contributed by atoms with Crippen molar-refractivity contribution in [3.8, 4) is 0 Å². The minimum atomic E-state index is -0.161. The van der Waals surface area contributed by atoms with Gasteiger partial charge in [0.05, 0.1) is 24.4 Å². The van der Waals surface area contributed by atoms with E-state index in [0.29, 0.717) is 32.7 Å². The zero-order chi connectivity index (χ0) is 15.4. The summed E-state index contributed by atoms with van der Waals surface area (Å²) in [6.07, 6.45) is 2.03. The highest BCUT2D eigenvalue weighted by molar-refractivity contribution is 7.12. The fourth-order valence-corrected chi connectivity index (χ4v) is 3.25. The molecule has 22 heavy (non-hydrogen) atoms. The molecule has 1 atom stereocenters. The summed E-state index contributed by atoms with van der Waals surface area (Å²) in [5.74, 6) is 0.185. The monoisotopic (exact) mass is 319 g/mol. The van der Waals surface area contributed by atoms with Gasteiger partial charge in [-0.1, -0.05) is 6.07 Å². The first kappa shape index (κ1) is 14.9. The van der Waals surface area contributed by atoms with Gasteiger partial charge >= 0.3 is 0 Å². The predicted octanol–water partition coefficient (Wildman–Crippen LogP) is 1.16. The molecule has 1 saturated heterocycles. The van der Waals surface area contributed by atoms with Gasteiger partial charge in [-0.05, 0) is 17.9 Å². The third-order valence-electron chi connectivity index (χ3n) is 3.59. The largest absolute Gasteiger partial charge is 0.379 e. The Morgan fingerprint density at radius 2 is 2.45 bits per heavy atom. The second kappa shape index (κ2) is 6.85. The number of nitrogens with one attached hydrogen (secondary N) is 1. The Labute approximate surface area is 131 Å². The summed E-state index contributed by atoms with van der Waals surface area (Å²) in [4.78, 5) is 33.1. The Hall–Kier alpha value is -1.99. The van der Waals surface area contributed by atoms with Crippen LogP contribution in [0.3, 0.4) is 0 Å². The van der Waals surface area contributed by atoms with Crippen LogP contribution in [-0.2, 0) is 11.2 Å². The number of H-pyrrole nitrogens is 1. The molecule has 1 fully saturated rings. The molecule has 1 aliphatic heterocycles. The lowest BCUT2D eigenvalue weighted by Crippen LogP contribution is -2.36. The van der Waals surface area contributed by atoms with Crippen molar-refractivity contribution in [2.75, 3.05) is 26.3 Å². The van der Waals surface area contributed by atoms with Crippen LogP contribution in [0.2, 0.25) is 0 Å². The molecule has 3 rings (SSSR count). The number of thiophene rings is 1. The first-order valence-corrected chi connectivity index (χ1v) is 8.04. The molecule has 1 aliphatic rings. The molecule has 2 aromatic heterocycles. The number of hydrogen-bond acceptors (Lipinski definition) is 5. The molecule has 0 unspecified atom stereocenters. The molecule has 7 heteroatoms. The van der Waals surface area contributed by atoms with Gasteiger partial charge in [0.1, 0.15) is 0 Å². The van der Waals surface area contributed by atoms with E-state index in [1.807, 2.05) is 22.4 Å². The van der Waals surface area contributed by atoms with Gasteiger partial charge in [0.2, 0.25) is 0 Å². The lowest BCUT2D eigenvalue weighted by atomic mass is 10.0. The average molecular weight is 319 g/mol. The van der Waals surface area contributed by atoms with Crippen molar-refractivity contribution in [3.05, 3.63) is 50.8 Å². The van der Waals surface area contributed by atoms with Gasteiger partial charge in [-0.15, -0.1) is 11.3 Å². The molecule has 0 bridgehead atoms. The summed E-state index contributed by atoms with van der Waals surface area (Å²) in [5, 5.41) is 1.90. The SMILES string of the molecule is O=C(c1cccs1)N1CCOC[C@H](Cc2cc(=O)[nH]cn2)C1. The zero-order valence-corrected chi connectivity index (χ0v) is 12.8. The summed E-state index contributed by atoms with van der Waals surface area (Å²) < 4.78 is 5.60. The molecule has 0 saturated carbocycles. The quantitative estimate of drug-likeness (QED) is 0.921. The molecule has 3 heterocycles. The van der Waals surface area contributed by atoms with Crippen LogP contribution in [0, 0.1) is 5.92 Å². The highest BCUT2D eigenvalue weighted by atomic mass is 32.1. The van der Waals surface area contributed by atoms with Gasteiger partial charge in [-0.25, -0.2) is 4.98 Å². The predicted molar refractivity (Wildman–Crippen MR) is 83.1 cm³/mol. The topological polar surface area (TPSA) is 75.3 Å². The molecule has 0 spiro atoms. The van der Waals surface area contributed by atoms with Crippen molar-refractivity contribution in [1.82, 2.24) is 14.9 Å². The summed E-state index contributed by atoms with van der Waals surface area (Å²) in [6.45, 7) is 2.32. The lowest BCUT2D eigenvalue weighted by molar-refractivity contribution is 0.0742. The van der Waals surface area contributed by atoms with E-state index < -0.39 is 0 Å². The van der Waals surface area contributed by atoms with E-state index in [1.54, 1.807) is 0 Å². The minimum absolute atomic E-state index is 0.0457. The normalized spacial score (nSPS) is 18.9. The first-order valence-electron chi connectivity index (χ1n) is 7.16. The van der Waals surface area contributed by atoms with Crippen LogP contribution in [0.1, 0.15) is 15.4 Å². The number of ether oxygens (including phenoxy) is 1. The molecule has 1 amide bonds. The highest BCUT2D eigenvalue weighted by Gasteiger charge is 2.24. The fraction of sp³-hybridized carbons (Fsp3) is 0.400. The summed E-state index contributed by atoms with van der Waals surface area (Å²) in [5.41, 5.74) is 0.564. The van der Waals surface area contributed by atoms with Gasteiger partial charge in [0, 0.05) is 30.8 Å². The summed E-state index contributed by atoms with van der Waals surface area (Å²) in [7, 11) is 0. The Morgan fingerprint density at radius 1 is 1.55 bits per heavy atom. The Kier molecular flexibility index (Phi) is 4.65. The molecule has 0 radical (unpaired) electrons. The van der Waals surface area contributed by atoms with Gasteiger partial charge in [-0.3, -0.25) is 9.59 Å². The van der Waals surface area contributed by atoms with Crippen LogP contribution in [0.15, 0.2) is 34.7 Å². The van der Waals surface area contributed by atoms with Gasteiger partial charge in [-0.2, -0.15) is 0 Å². The number of hydrogen-bond donors (Lipinski definition) is 1. The van der Waals surface area contributed by atoms with Crippen molar-refractivity contribution >= 4 is 17.2 Å². The summed E-state index contributed by atoms with van der Waals surface area (Å²) >= 11 is 1.45. The van der Waals surface area contributed by atoms with Crippen LogP contribution < -0.4 is 5.56 Å². The van der Waals surface area contributed by atoms with Crippen molar-refractivity contribution < 1.29 is 9.53 Å². The number of carbonyl (C=O) groups is 1. The zero-order valence-electron chi connectivity index (χ0n) is 12.0. The molecular weight excluding hydrogens is 302 g/mol. The van der Waals surface area contributed by atoms with Crippen molar-refractivity contribution in [1.29, 1.82) is 0 Å². The van der Waals surface area contributed by atoms with Crippen molar-refractivity contribution in [2.24, 2.45) is 5.92 Å². The van der Waals surface area contributed by atoms with Crippen LogP contribution in [0.4, 0.5) is 0 Å². The van der Waals surface area contributed by atoms with Crippen LogP contribution in [0.5, 0.6) is 0 Å². The third kappa shape index (κ3) is 3.61. The molecule has 6 nitrogen and oxygen atoms in total. The Bertz CT molecular complexity index is 683. The van der Waals surface area contributed by atoms with Gasteiger partial charge < -0.3 is 14.6 Å². The van der Waals surface area contributed by atoms with E-state index >= 15 is 0 Å². The van der Waals surface area contributed by atoms with Crippen LogP contribution >= 0.6 is 11.3 Å². The standard InChI is InChI=1S/C15H17N3O3S/c19-14-7-12(16-10-17-14)6-11-8-18(3-4-21-9-11)15(20)13-2-1-5-22-13/h1-2,5,7,10-11H,3-4,6,8-9H2,(H,16,17,19)/t11-/m1/s1. The number of aromatic nitrogens is 2. The van der Waals surface area contributed by atoms with Crippen LogP contribution in [-0.4, -0.2) is 47.1 Å². The lowest BCUT2D eigenvalue weighted by Gasteiger charge is -2.22. The number of nitrogens with zero attached hydrogens (tertiary/aromatic N) is 2. The van der Waals surface area contributed by atoms with E-state index in [0.717, 1.165) is 10.6 Å². The second-order valence-electron chi connectivity index (χ2n) is 5.28. The molecular formula is C15H17N3O3S. The highest BCUT2D eigenvalue weighted by Crippen LogP contribution is 2.17. The molecule has 0 aliphatic carbocycles. The maximum atomic E-state index is 12.5. The van der Waals surface area contributed by atoms with E-state index in [4.69, 9.17) is 4.74 Å². The van der Waals surface area contributed by atoms with Crippen molar-refractivity contribution in [3.63, 3.8) is 0 Å². The molecule has 1 N–H and O–H groups in total. The Morgan fingerprint density at radius 3 is 3.23 bits per heavy atom.